The zero-order valence-electron chi connectivity index (χ0n) is 18.5. The van der Waals surface area contributed by atoms with Gasteiger partial charge in [0.25, 0.3) is 0 Å². The van der Waals surface area contributed by atoms with Crippen molar-refractivity contribution in [2.24, 2.45) is 17.8 Å². The molecule has 2 aromatic rings. The van der Waals surface area contributed by atoms with E-state index in [-0.39, 0.29) is 5.41 Å². The molecular formula is C28H32O3. The van der Waals surface area contributed by atoms with Crippen molar-refractivity contribution in [3.8, 4) is 16.9 Å². The Hall–Kier alpha value is -2.55. The van der Waals surface area contributed by atoms with Gasteiger partial charge in [-0.05, 0) is 121 Å². The molecule has 4 aliphatic carbocycles. The standard InChI is InChI=1S/C28H32O3/c1-3-23-17(2)24(7-4-21(23)6-9-27(30)31)22-5-8-26(29)25(13-22)28-14-18-10-19(15-28)12-20(11-18)16-28/h4-9,13,18-20,29H,3,10-12,14-16H2,1-2H3,(H,30,31). The molecule has 3 heteroatoms. The summed E-state index contributed by atoms with van der Waals surface area (Å²) < 4.78 is 0. The van der Waals surface area contributed by atoms with Crippen LogP contribution in [0.4, 0.5) is 0 Å². The number of hydrogen-bond donors (Lipinski definition) is 2. The second-order valence-electron chi connectivity index (χ2n) is 10.3. The molecule has 162 valence electrons. The Balaban J connectivity index is 1.56. The van der Waals surface area contributed by atoms with E-state index in [0.717, 1.165) is 40.9 Å². The summed E-state index contributed by atoms with van der Waals surface area (Å²) >= 11 is 0. The van der Waals surface area contributed by atoms with Gasteiger partial charge in [0.05, 0.1) is 0 Å². The molecule has 31 heavy (non-hydrogen) atoms. The zero-order valence-corrected chi connectivity index (χ0v) is 18.5. The van der Waals surface area contributed by atoms with Crippen molar-refractivity contribution in [3.05, 3.63) is 58.7 Å². The van der Waals surface area contributed by atoms with Crippen molar-refractivity contribution < 1.29 is 15.0 Å². The fourth-order valence-corrected chi connectivity index (χ4v) is 7.45. The highest BCUT2D eigenvalue weighted by Crippen LogP contribution is 2.62. The van der Waals surface area contributed by atoms with E-state index < -0.39 is 5.97 Å². The van der Waals surface area contributed by atoms with Crippen LogP contribution in [0.2, 0.25) is 0 Å². The van der Waals surface area contributed by atoms with E-state index in [1.165, 1.54) is 61.3 Å². The highest BCUT2D eigenvalue weighted by Gasteiger charge is 2.52. The van der Waals surface area contributed by atoms with Gasteiger partial charge in [0.2, 0.25) is 0 Å². The number of hydrogen-bond acceptors (Lipinski definition) is 2. The molecule has 0 unspecified atom stereocenters. The Kier molecular flexibility index (Phi) is 4.96. The first-order chi connectivity index (χ1) is 14.9. The molecule has 4 aliphatic rings. The number of aromatic hydroxyl groups is 1. The Bertz CT molecular complexity index is 1030. The van der Waals surface area contributed by atoms with Gasteiger partial charge in [-0.25, -0.2) is 4.79 Å². The smallest absolute Gasteiger partial charge is 0.328 e. The molecule has 0 saturated heterocycles. The van der Waals surface area contributed by atoms with Gasteiger partial charge in [0.15, 0.2) is 0 Å². The van der Waals surface area contributed by atoms with Gasteiger partial charge in [-0.2, -0.15) is 0 Å². The van der Waals surface area contributed by atoms with Crippen LogP contribution in [0.5, 0.6) is 5.75 Å². The Morgan fingerprint density at radius 1 is 1.06 bits per heavy atom. The van der Waals surface area contributed by atoms with Crippen LogP contribution in [0.25, 0.3) is 17.2 Å². The molecule has 4 saturated carbocycles. The van der Waals surface area contributed by atoms with Crippen LogP contribution in [0.15, 0.2) is 36.4 Å². The van der Waals surface area contributed by atoms with Gasteiger partial charge in [-0.3, -0.25) is 0 Å². The van der Waals surface area contributed by atoms with Crippen LogP contribution < -0.4 is 0 Å². The predicted molar refractivity (Wildman–Crippen MR) is 124 cm³/mol. The normalized spacial score (nSPS) is 29.0. The van der Waals surface area contributed by atoms with Gasteiger partial charge in [-0.15, -0.1) is 0 Å². The molecule has 6 rings (SSSR count). The number of benzene rings is 2. The molecule has 4 bridgehead atoms. The van der Waals surface area contributed by atoms with Crippen molar-refractivity contribution in [2.45, 2.75) is 64.2 Å². The number of rotatable bonds is 5. The van der Waals surface area contributed by atoms with Crippen molar-refractivity contribution in [1.29, 1.82) is 0 Å². The van der Waals surface area contributed by atoms with E-state index in [1.807, 2.05) is 18.2 Å². The summed E-state index contributed by atoms with van der Waals surface area (Å²) in [4.78, 5) is 11.0. The van der Waals surface area contributed by atoms with Crippen molar-refractivity contribution in [2.75, 3.05) is 0 Å². The average molecular weight is 417 g/mol. The van der Waals surface area contributed by atoms with Gasteiger partial charge in [-0.1, -0.05) is 25.1 Å². The van der Waals surface area contributed by atoms with E-state index in [4.69, 9.17) is 5.11 Å². The van der Waals surface area contributed by atoms with E-state index in [2.05, 4.69) is 26.0 Å². The fourth-order valence-electron chi connectivity index (χ4n) is 7.45. The number of carboxylic acid groups (broad SMARTS) is 1. The van der Waals surface area contributed by atoms with Crippen LogP contribution in [0.3, 0.4) is 0 Å². The number of phenols is 1. The largest absolute Gasteiger partial charge is 0.508 e. The molecule has 0 spiro atoms. The Morgan fingerprint density at radius 2 is 1.71 bits per heavy atom. The molecule has 0 heterocycles. The number of aliphatic carboxylic acids is 1. The quantitative estimate of drug-likeness (QED) is 0.547. The van der Waals surface area contributed by atoms with Crippen LogP contribution in [-0.2, 0) is 16.6 Å². The van der Waals surface area contributed by atoms with Gasteiger partial charge in [0.1, 0.15) is 5.75 Å². The zero-order chi connectivity index (χ0) is 21.8. The SMILES string of the molecule is CCc1c(C=CC(=O)O)ccc(-c2ccc(O)c(C34CC5CC(CC(C5)C3)C4)c2)c1C. The van der Waals surface area contributed by atoms with E-state index in [9.17, 15) is 9.90 Å². The maximum absolute atomic E-state index is 11.0. The Morgan fingerprint density at radius 3 is 2.29 bits per heavy atom. The molecule has 4 fully saturated rings. The lowest BCUT2D eigenvalue weighted by atomic mass is 9.48. The monoisotopic (exact) mass is 416 g/mol. The molecule has 2 N–H and O–H groups in total. The first kappa shape index (κ1) is 20.4. The summed E-state index contributed by atoms with van der Waals surface area (Å²) in [5, 5.41) is 19.9. The molecule has 2 aromatic carbocycles. The molecule has 0 aromatic heterocycles. The lowest BCUT2D eigenvalue weighted by Crippen LogP contribution is -2.48. The topological polar surface area (TPSA) is 57.5 Å². The maximum atomic E-state index is 11.0. The predicted octanol–water partition coefficient (Wildman–Crippen LogP) is 6.50. The third-order valence-electron chi connectivity index (χ3n) is 8.31. The van der Waals surface area contributed by atoms with Gasteiger partial charge >= 0.3 is 5.97 Å². The van der Waals surface area contributed by atoms with Gasteiger partial charge < -0.3 is 10.2 Å². The van der Waals surface area contributed by atoms with Crippen LogP contribution >= 0.6 is 0 Å². The first-order valence-electron chi connectivity index (χ1n) is 11.8. The minimum Gasteiger partial charge on any atom is -0.508 e. The van der Waals surface area contributed by atoms with E-state index >= 15 is 0 Å². The third kappa shape index (κ3) is 3.48. The third-order valence-corrected chi connectivity index (χ3v) is 8.31. The first-order valence-corrected chi connectivity index (χ1v) is 11.8. The average Bonchev–Trinajstić information content (AvgIpc) is 2.71. The highest BCUT2D eigenvalue weighted by atomic mass is 16.4. The summed E-state index contributed by atoms with van der Waals surface area (Å²) in [6, 6.07) is 10.3. The molecule has 0 aliphatic heterocycles. The minimum atomic E-state index is -0.928. The second-order valence-corrected chi connectivity index (χ2v) is 10.3. The fraction of sp³-hybridized carbons (Fsp3) is 0.464. The maximum Gasteiger partial charge on any atom is 0.328 e. The Labute approximate surface area is 184 Å². The summed E-state index contributed by atoms with van der Waals surface area (Å²) in [6.07, 6.45) is 11.6. The van der Waals surface area contributed by atoms with Gasteiger partial charge in [0, 0.05) is 11.6 Å². The van der Waals surface area contributed by atoms with E-state index in [1.54, 1.807) is 6.08 Å². The van der Waals surface area contributed by atoms with Crippen molar-refractivity contribution >= 4 is 12.0 Å². The van der Waals surface area contributed by atoms with Crippen molar-refractivity contribution in [3.63, 3.8) is 0 Å². The molecule has 3 nitrogen and oxygen atoms in total. The summed E-state index contributed by atoms with van der Waals surface area (Å²) in [7, 11) is 0. The van der Waals surface area contributed by atoms with Crippen LogP contribution in [0, 0.1) is 24.7 Å². The number of carboxylic acids is 1. The lowest BCUT2D eigenvalue weighted by Gasteiger charge is -2.57. The molecule has 0 amide bonds. The highest BCUT2D eigenvalue weighted by molar-refractivity contribution is 5.86. The lowest BCUT2D eigenvalue weighted by molar-refractivity contribution is -0.131. The van der Waals surface area contributed by atoms with Crippen LogP contribution in [0.1, 0.15) is 67.7 Å². The minimum absolute atomic E-state index is 0.153. The molecular weight excluding hydrogens is 384 g/mol. The number of phenolic OH excluding ortho intramolecular Hbond substituents is 1. The number of carbonyl (C=O) groups is 1. The summed E-state index contributed by atoms with van der Waals surface area (Å²) in [5.74, 6) is 2.04. The molecule has 0 atom stereocenters. The van der Waals surface area contributed by atoms with E-state index in [0.29, 0.717) is 5.75 Å². The van der Waals surface area contributed by atoms with Crippen LogP contribution in [-0.4, -0.2) is 16.2 Å². The summed E-state index contributed by atoms with van der Waals surface area (Å²) in [5.41, 5.74) is 6.99. The second kappa shape index (κ2) is 7.55. The summed E-state index contributed by atoms with van der Waals surface area (Å²) in [6.45, 7) is 4.24. The van der Waals surface area contributed by atoms with Crippen molar-refractivity contribution in [1.82, 2.24) is 0 Å². The molecule has 0 radical (unpaired) electrons.